The van der Waals surface area contributed by atoms with Crippen molar-refractivity contribution in [2.24, 2.45) is 0 Å². The molecule has 0 aromatic carbocycles. The summed E-state index contributed by atoms with van der Waals surface area (Å²) in [6.45, 7) is 10.4. The molecule has 1 aliphatic heterocycles. The summed E-state index contributed by atoms with van der Waals surface area (Å²) in [6.07, 6.45) is 4.77. The standard InChI is InChI=1S/C28H35N7O2S/c1-5-33(6-2)19(3)16-29-28(36)20-14-24(31-26(15-20)34-11-9-21(18-34)37-4)22-17-30-35-12-10-23(32-27(22)35)25-8-7-13-38-25/h7-8,10,12-15,17,19,21H,5-6,9,11,16,18H2,1-4H3,(H,29,36)/t19?,21-/m0/s1. The van der Waals surface area contributed by atoms with Crippen molar-refractivity contribution in [3.05, 3.63) is 53.7 Å². The van der Waals surface area contributed by atoms with E-state index in [-0.39, 0.29) is 18.1 Å². The molecule has 1 unspecified atom stereocenters. The highest BCUT2D eigenvalue weighted by Gasteiger charge is 2.25. The van der Waals surface area contributed by atoms with Crippen LogP contribution in [0.25, 0.3) is 27.5 Å². The van der Waals surface area contributed by atoms with Gasteiger partial charge in [-0.15, -0.1) is 11.3 Å². The van der Waals surface area contributed by atoms with Crippen molar-refractivity contribution in [1.82, 2.24) is 29.8 Å². The number of aromatic nitrogens is 4. The lowest BCUT2D eigenvalue weighted by atomic mass is 10.1. The Kier molecular flexibility index (Phi) is 8.01. The van der Waals surface area contributed by atoms with Crippen molar-refractivity contribution in [3.8, 4) is 21.8 Å². The smallest absolute Gasteiger partial charge is 0.251 e. The van der Waals surface area contributed by atoms with Crippen LogP contribution in [0.3, 0.4) is 0 Å². The number of amides is 1. The van der Waals surface area contributed by atoms with Gasteiger partial charge in [0.1, 0.15) is 5.82 Å². The van der Waals surface area contributed by atoms with Crippen LogP contribution in [0.15, 0.2) is 48.1 Å². The predicted octanol–water partition coefficient (Wildman–Crippen LogP) is 4.21. The number of carbonyl (C=O) groups excluding carboxylic acids is 1. The zero-order chi connectivity index (χ0) is 26.6. The minimum absolute atomic E-state index is 0.111. The van der Waals surface area contributed by atoms with E-state index in [2.05, 4.69) is 47.1 Å². The lowest BCUT2D eigenvalue weighted by Gasteiger charge is -2.26. The van der Waals surface area contributed by atoms with Crippen LogP contribution < -0.4 is 10.2 Å². The van der Waals surface area contributed by atoms with Crippen molar-refractivity contribution in [1.29, 1.82) is 0 Å². The third-order valence-corrected chi connectivity index (χ3v) is 8.18. The second kappa shape index (κ2) is 11.6. The fraction of sp³-hybridized carbons (Fsp3) is 0.429. The Bertz CT molecular complexity index is 1380. The molecular weight excluding hydrogens is 498 g/mol. The van der Waals surface area contributed by atoms with Crippen LogP contribution in [-0.2, 0) is 4.74 Å². The fourth-order valence-electron chi connectivity index (χ4n) is 5.01. The minimum Gasteiger partial charge on any atom is -0.380 e. The summed E-state index contributed by atoms with van der Waals surface area (Å²) in [5.41, 5.74) is 3.63. The van der Waals surface area contributed by atoms with Gasteiger partial charge < -0.3 is 15.0 Å². The largest absolute Gasteiger partial charge is 0.380 e. The third-order valence-electron chi connectivity index (χ3n) is 7.29. The number of hydrogen-bond acceptors (Lipinski definition) is 8. The van der Waals surface area contributed by atoms with Gasteiger partial charge in [-0.1, -0.05) is 19.9 Å². The molecule has 2 atom stereocenters. The van der Waals surface area contributed by atoms with Crippen LogP contribution in [0.5, 0.6) is 0 Å². The highest BCUT2D eigenvalue weighted by atomic mass is 32.1. The lowest BCUT2D eigenvalue weighted by molar-refractivity contribution is 0.0938. The Labute approximate surface area is 227 Å². The van der Waals surface area contributed by atoms with E-state index in [9.17, 15) is 4.79 Å². The van der Waals surface area contributed by atoms with Gasteiger partial charge in [-0.25, -0.2) is 14.5 Å². The molecule has 1 fully saturated rings. The van der Waals surface area contributed by atoms with Crippen LogP contribution in [0.2, 0.25) is 0 Å². The van der Waals surface area contributed by atoms with Gasteiger partial charge in [0.15, 0.2) is 5.65 Å². The maximum absolute atomic E-state index is 13.4. The molecule has 0 saturated carbocycles. The van der Waals surface area contributed by atoms with Crippen LogP contribution in [0.4, 0.5) is 5.82 Å². The number of ether oxygens (including phenoxy) is 1. The molecule has 1 saturated heterocycles. The molecule has 0 radical (unpaired) electrons. The second-order valence-electron chi connectivity index (χ2n) is 9.59. The molecular formula is C28H35N7O2S. The molecule has 9 nitrogen and oxygen atoms in total. The summed E-state index contributed by atoms with van der Waals surface area (Å²) in [6, 6.07) is 10.0. The normalized spacial score (nSPS) is 16.4. The number of pyridine rings is 1. The molecule has 0 aliphatic carbocycles. The number of anilines is 1. The van der Waals surface area contributed by atoms with Crippen molar-refractivity contribution < 1.29 is 9.53 Å². The first kappa shape index (κ1) is 26.3. The summed E-state index contributed by atoms with van der Waals surface area (Å²) in [7, 11) is 1.74. The zero-order valence-corrected chi connectivity index (χ0v) is 23.2. The van der Waals surface area contributed by atoms with Crippen molar-refractivity contribution in [2.45, 2.75) is 39.3 Å². The van der Waals surface area contributed by atoms with E-state index in [1.165, 1.54) is 0 Å². The summed E-state index contributed by atoms with van der Waals surface area (Å²) in [5.74, 6) is 0.651. The number of nitrogens with one attached hydrogen (secondary N) is 1. The number of fused-ring (bicyclic) bond motifs is 1. The minimum atomic E-state index is -0.111. The molecule has 0 spiro atoms. The molecule has 1 aliphatic rings. The number of hydrogen-bond donors (Lipinski definition) is 1. The Morgan fingerprint density at radius 2 is 2.08 bits per heavy atom. The van der Waals surface area contributed by atoms with Gasteiger partial charge in [0.25, 0.3) is 5.91 Å². The van der Waals surface area contributed by atoms with Crippen LogP contribution in [-0.4, -0.2) is 82.4 Å². The molecule has 200 valence electrons. The SMILES string of the molecule is CCN(CC)C(C)CNC(=O)c1cc(-c2cnn3ccc(-c4cccs4)nc23)nc(N2CC[C@H](OC)C2)c1. The van der Waals surface area contributed by atoms with Gasteiger partial charge in [-0.2, -0.15) is 5.10 Å². The maximum Gasteiger partial charge on any atom is 0.251 e. The van der Waals surface area contributed by atoms with E-state index in [0.29, 0.717) is 23.4 Å². The number of thiophene rings is 1. The predicted molar refractivity (Wildman–Crippen MR) is 152 cm³/mol. The summed E-state index contributed by atoms with van der Waals surface area (Å²) < 4.78 is 7.34. The first-order chi connectivity index (χ1) is 18.5. The lowest BCUT2D eigenvalue weighted by Crippen LogP contribution is -2.42. The van der Waals surface area contributed by atoms with Gasteiger partial charge >= 0.3 is 0 Å². The van der Waals surface area contributed by atoms with Crippen LogP contribution in [0, 0.1) is 0 Å². The van der Waals surface area contributed by atoms with Crippen molar-refractivity contribution in [3.63, 3.8) is 0 Å². The van der Waals surface area contributed by atoms with Gasteiger partial charge in [0, 0.05) is 44.5 Å². The number of rotatable bonds is 10. The van der Waals surface area contributed by atoms with Gasteiger partial charge in [0.2, 0.25) is 0 Å². The van der Waals surface area contributed by atoms with E-state index >= 15 is 0 Å². The van der Waals surface area contributed by atoms with E-state index in [1.807, 2.05) is 35.8 Å². The Morgan fingerprint density at radius 3 is 2.79 bits per heavy atom. The van der Waals surface area contributed by atoms with Gasteiger partial charge in [-0.05, 0) is 56.1 Å². The molecule has 1 amide bonds. The molecule has 5 heterocycles. The Hall–Kier alpha value is -3.34. The zero-order valence-electron chi connectivity index (χ0n) is 22.4. The molecule has 38 heavy (non-hydrogen) atoms. The fourth-order valence-corrected chi connectivity index (χ4v) is 5.70. The maximum atomic E-state index is 13.4. The van der Waals surface area contributed by atoms with Crippen LogP contribution in [0.1, 0.15) is 37.6 Å². The number of nitrogens with zero attached hydrogens (tertiary/aromatic N) is 6. The van der Waals surface area contributed by atoms with Crippen LogP contribution >= 0.6 is 11.3 Å². The highest BCUT2D eigenvalue weighted by Crippen LogP contribution is 2.30. The first-order valence-electron chi connectivity index (χ1n) is 13.2. The molecule has 4 aromatic rings. The van der Waals surface area contributed by atoms with Gasteiger partial charge in [-0.3, -0.25) is 9.69 Å². The topological polar surface area (TPSA) is 87.9 Å². The monoisotopic (exact) mass is 533 g/mol. The molecule has 10 heteroatoms. The highest BCUT2D eigenvalue weighted by molar-refractivity contribution is 7.13. The number of likely N-dealkylation sites (N-methyl/N-ethyl adjacent to an activating group) is 1. The third kappa shape index (κ3) is 5.43. The first-order valence-corrected chi connectivity index (χ1v) is 14.1. The van der Waals surface area contributed by atoms with Gasteiger partial charge in [0.05, 0.1) is 34.1 Å². The average molecular weight is 534 g/mol. The summed E-state index contributed by atoms with van der Waals surface area (Å²) >= 11 is 1.65. The van der Waals surface area contributed by atoms with E-state index in [4.69, 9.17) is 14.7 Å². The van der Waals surface area contributed by atoms with E-state index < -0.39 is 0 Å². The number of methoxy groups -OCH3 is 1. The molecule has 4 aromatic heterocycles. The summed E-state index contributed by atoms with van der Waals surface area (Å²) in [4.78, 5) is 28.9. The molecule has 1 N–H and O–H groups in total. The summed E-state index contributed by atoms with van der Waals surface area (Å²) in [5, 5.41) is 9.70. The van der Waals surface area contributed by atoms with E-state index in [0.717, 1.165) is 54.6 Å². The molecule has 0 bridgehead atoms. The average Bonchev–Trinajstić information content (AvgIpc) is 3.72. The second-order valence-corrected chi connectivity index (χ2v) is 10.5. The van der Waals surface area contributed by atoms with Crippen molar-refractivity contribution in [2.75, 3.05) is 44.7 Å². The van der Waals surface area contributed by atoms with E-state index in [1.54, 1.807) is 29.2 Å². The quantitative estimate of drug-likeness (QED) is 0.327. The molecule has 5 rings (SSSR count). The van der Waals surface area contributed by atoms with Crippen molar-refractivity contribution >= 4 is 28.7 Å². The number of carbonyl (C=O) groups is 1. The Morgan fingerprint density at radius 1 is 1.24 bits per heavy atom. The Balaban J connectivity index is 1.51.